The van der Waals surface area contributed by atoms with Gasteiger partial charge in [-0.05, 0) is 55.9 Å². The summed E-state index contributed by atoms with van der Waals surface area (Å²) >= 11 is 0. The Morgan fingerprint density at radius 1 is 1.31 bits per heavy atom. The molecule has 0 saturated heterocycles. The predicted molar refractivity (Wildman–Crippen MR) is 70.5 cm³/mol. The number of rotatable bonds is 4. The molecule has 2 fully saturated rings. The smallest absolute Gasteiger partial charge is 0.0129 e. The summed E-state index contributed by atoms with van der Waals surface area (Å²) < 4.78 is 0. The third-order valence-electron chi connectivity index (χ3n) is 5.73. The Morgan fingerprint density at radius 3 is 2.56 bits per heavy atom. The lowest BCUT2D eigenvalue weighted by Gasteiger charge is -2.39. The second-order valence-electron chi connectivity index (χ2n) is 6.47. The molecule has 2 saturated carbocycles. The highest BCUT2D eigenvalue weighted by molar-refractivity contribution is 5.12. The van der Waals surface area contributed by atoms with Gasteiger partial charge in [0.1, 0.15) is 0 Å². The van der Waals surface area contributed by atoms with Crippen LogP contribution in [0.1, 0.15) is 53.4 Å². The SMILES string of the molecule is C/C=C/CCNC1CC2CCC1(C)C2(C)C. The van der Waals surface area contributed by atoms with Crippen molar-refractivity contribution in [1.29, 1.82) is 0 Å². The summed E-state index contributed by atoms with van der Waals surface area (Å²) in [6, 6.07) is 0.756. The van der Waals surface area contributed by atoms with E-state index in [-0.39, 0.29) is 0 Å². The van der Waals surface area contributed by atoms with E-state index in [0.717, 1.165) is 18.5 Å². The summed E-state index contributed by atoms with van der Waals surface area (Å²) in [4.78, 5) is 0. The molecule has 3 atom stereocenters. The molecule has 0 heterocycles. The van der Waals surface area contributed by atoms with Crippen LogP contribution in [0.3, 0.4) is 0 Å². The van der Waals surface area contributed by atoms with Crippen LogP contribution in [0.4, 0.5) is 0 Å². The number of hydrogen-bond acceptors (Lipinski definition) is 1. The molecule has 0 aliphatic heterocycles. The lowest BCUT2D eigenvalue weighted by Crippen LogP contribution is -2.44. The van der Waals surface area contributed by atoms with Gasteiger partial charge in [0.15, 0.2) is 0 Å². The molecule has 2 bridgehead atoms. The molecule has 0 radical (unpaired) electrons. The van der Waals surface area contributed by atoms with Crippen LogP contribution in [0.2, 0.25) is 0 Å². The van der Waals surface area contributed by atoms with Crippen molar-refractivity contribution in [3.63, 3.8) is 0 Å². The third kappa shape index (κ3) is 1.64. The Hall–Kier alpha value is -0.300. The molecule has 16 heavy (non-hydrogen) atoms. The van der Waals surface area contributed by atoms with Gasteiger partial charge in [-0.25, -0.2) is 0 Å². The van der Waals surface area contributed by atoms with Gasteiger partial charge in [-0.1, -0.05) is 32.9 Å². The molecule has 1 N–H and O–H groups in total. The predicted octanol–water partition coefficient (Wildman–Crippen LogP) is 3.76. The molecule has 0 spiro atoms. The van der Waals surface area contributed by atoms with Crippen molar-refractivity contribution in [3.05, 3.63) is 12.2 Å². The van der Waals surface area contributed by atoms with Gasteiger partial charge in [-0.15, -0.1) is 0 Å². The van der Waals surface area contributed by atoms with Gasteiger partial charge in [0, 0.05) is 6.04 Å². The van der Waals surface area contributed by atoms with Crippen molar-refractivity contribution in [1.82, 2.24) is 5.32 Å². The molecular weight excluding hydrogens is 194 g/mol. The van der Waals surface area contributed by atoms with E-state index in [4.69, 9.17) is 0 Å². The van der Waals surface area contributed by atoms with Gasteiger partial charge in [0.25, 0.3) is 0 Å². The first-order chi connectivity index (χ1) is 7.52. The van der Waals surface area contributed by atoms with Crippen molar-refractivity contribution in [2.45, 2.75) is 59.4 Å². The van der Waals surface area contributed by atoms with Crippen LogP contribution in [-0.2, 0) is 0 Å². The van der Waals surface area contributed by atoms with Crippen molar-refractivity contribution in [2.24, 2.45) is 16.7 Å². The van der Waals surface area contributed by atoms with E-state index in [1.54, 1.807) is 0 Å². The van der Waals surface area contributed by atoms with Crippen LogP contribution >= 0.6 is 0 Å². The molecule has 0 aromatic heterocycles. The molecule has 3 unspecified atom stereocenters. The van der Waals surface area contributed by atoms with Crippen LogP contribution in [0.15, 0.2) is 12.2 Å². The fraction of sp³-hybridized carbons (Fsp3) is 0.867. The summed E-state index contributed by atoms with van der Waals surface area (Å²) in [5, 5.41) is 3.79. The quantitative estimate of drug-likeness (QED) is 0.563. The van der Waals surface area contributed by atoms with Crippen molar-refractivity contribution >= 4 is 0 Å². The van der Waals surface area contributed by atoms with Crippen molar-refractivity contribution in [2.75, 3.05) is 6.54 Å². The first-order valence-electron chi connectivity index (χ1n) is 6.87. The topological polar surface area (TPSA) is 12.0 Å². The minimum absolute atomic E-state index is 0.535. The molecule has 1 nitrogen and oxygen atoms in total. The van der Waals surface area contributed by atoms with Crippen LogP contribution in [0.5, 0.6) is 0 Å². The van der Waals surface area contributed by atoms with Crippen LogP contribution in [-0.4, -0.2) is 12.6 Å². The molecule has 2 rings (SSSR count). The normalized spacial score (nSPS) is 41.0. The number of hydrogen-bond donors (Lipinski definition) is 1. The van der Waals surface area contributed by atoms with Crippen LogP contribution < -0.4 is 5.32 Å². The lowest BCUT2D eigenvalue weighted by atomic mass is 9.69. The summed E-state index contributed by atoms with van der Waals surface area (Å²) in [6.45, 7) is 10.7. The lowest BCUT2D eigenvalue weighted by molar-refractivity contribution is 0.121. The van der Waals surface area contributed by atoms with Gasteiger partial charge in [0.2, 0.25) is 0 Å². The minimum atomic E-state index is 0.535. The minimum Gasteiger partial charge on any atom is -0.313 e. The average molecular weight is 221 g/mol. The molecule has 2 aliphatic rings. The largest absolute Gasteiger partial charge is 0.313 e. The second-order valence-corrected chi connectivity index (χ2v) is 6.47. The van der Waals surface area contributed by atoms with Gasteiger partial charge < -0.3 is 5.32 Å². The first-order valence-corrected chi connectivity index (χ1v) is 6.87. The highest BCUT2D eigenvalue weighted by Crippen LogP contribution is 2.65. The molecular formula is C15H27N. The highest BCUT2D eigenvalue weighted by Gasteiger charge is 2.60. The van der Waals surface area contributed by atoms with E-state index in [1.807, 2.05) is 0 Å². The maximum atomic E-state index is 3.79. The number of nitrogens with one attached hydrogen (secondary N) is 1. The Labute approximate surface area is 101 Å². The zero-order valence-electron chi connectivity index (χ0n) is 11.3. The van der Waals surface area contributed by atoms with Crippen LogP contribution in [0.25, 0.3) is 0 Å². The molecule has 92 valence electrons. The molecule has 0 aromatic carbocycles. The van der Waals surface area contributed by atoms with Crippen LogP contribution in [0, 0.1) is 16.7 Å². The average Bonchev–Trinajstić information content (AvgIpc) is 2.57. The summed E-state index contributed by atoms with van der Waals surface area (Å²) in [6.07, 6.45) is 9.86. The first kappa shape index (κ1) is 12.2. The van der Waals surface area contributed by atoms with Crippen molar-refractivity contribution in [3.8, 4) is 0 Å². The van der Waals surface area contributed by atoms with Crippen molar-refractivity contribution < 1.29 is 0 Å². The fourth-order valence-electron chi connectivity index (χ4n) is 4.02. The standard InChI is InChI=1S/C15H27N/c1-5-6-7-10-16-13-11-12-8-9-15(13,4)14(12,2)3/h5-6,12-13,16H,7-11H2,1-4H3/b6-5+. The number of fused-ring (bicyclic) bond motifs is 2. The van der Waals surface area contributed by atoms with Gasteiger partial charge in [0.05, 0.1) is 0 Å². The van der Waals surface area contributed by atoms with E-state index < -0.39 is 0 Å². The highest BCUT2D eigenvalue weighted by atomic mass is 15.0. The molecule has 0 aromatic rings. The summed E-state index contributed by atoms with van der Waals surface area (Å²) in [5.41, 5.74) is 1.08. The molecule has 1 heteroatoms. The van der Waals surface area contributed by atoms with E-state index in [0.29, 0.717) is 10.8 Å². The maximum absolute atomic E-state index is 3.79. The van der Waals surface area contributed by atoms with E-state index in [9.17, 15) is 0 Å². The summed E-state index contributed by atoms with van der Waals surface area (Å²) in [5.74, 6) is 0.955. The summed E-state index contributed by atoms with van der Waals surface area (Å²) in [7, 11) is 0. The third-order valence-corrected chi connectivity index (χ3v) is 5.73. The molecule has 0 amide bonds. The Bertz CT molecular complexity index is 279. The maximum Gasteiger partial charge on any atom is 0.0129 e. The Kier molecular flexibility index (Phi) is 3.18. The Morgan fingerprint density at radius 2 is 2.06 bits per heavy atom. The van der Waals surface area contributed by atoms with Gasteiger partial charge in [-0.2, -0.15) is 0 Å². The Balaban J connectivity index is 1.94. The number of allylic oxidation sites excluding steroid dienone is 1. The van der Waals surface area contributed by atoms with Gasteiger partial charge in [-0.3, -0.25) is 0 Å². The monoisotopic (exact) mass is 221 g/mol. The fourth-order valence-corrected chi connectivity index (χ4v) is 4.02. The second kappa shape index (κ2) is 4.18. The van der Waals surface area contributed by atoms with E-state index >= 15 is 0 Å². The zero-order chi connectivity index (χ0) is 11.8. The van der Waals surface area contributed by atoms with E-state index in [2.05, 4.69) is 45.2 Å². The van der Waals surface area contributed by atoms with Gasteiger partial charge >= 0.3 is 0 Å². The molecule has 2 aliphatic carbocycles. The van der Waals surface area contributed by atoms with E-state index in [1.165, 1.54) is 25.7 Å². The zero-order valence-corrected chi connectivity index (χ0v) is 11.3.